The first kappa shape index (κ1) is 20.2. The highest BCUT2D eigenvalue weighted by molar-refractivity contribution is 5.76. The van der Waals surface area contributed by atoms with E-state index in [1.807, 2.05) is 6.19 Å². The third kappa shape index (κ3) is 4.16. The molecule has 1 aromatic heterocycles. The summed E-state index contributed by atoms with van der Waals surface area (Å²) in [5.74, 6) is 0.496. The van der Waals surface area contributed by atoms with Crippen molar-refractivity contribution in [1.29, 1.82) is 5.26 Å². The van der Waals surface area contributed by atoms with Gasteiger partial charge >= 0.3 is 6.18 Å². The summed E-state index contributed by atoms with van der Waals surface area (Å²) in [5, 5.41) is 20.3. The molecular formula is C20H18F3N5O. The van der Waals surface area contributed by atoms with Crippen molar-refractivity contribution >= 4 is 11.4 Å². The molecule has 3 aromatic rings. The molecule has 0 spiro atoms. The van der Waals surface area contributed by atoms with Crippen LogP contribution in [0.2, 0.25) is 0 Å². The van der Waals surface area contributed by atoms with Crippen LogP contribution in [0.5, 0.6) is 0 Å². The monoisotopic (exact) mass is 401 g/mol. The number of benzene rings is 2. The Balaban J connectivity index is 1.90. The number of nitrogens with zero attached hydrogens (tertiary/aromatic N) is 4. The van der Waals surface area contributed by atoms with Gasteiger partial charge in [-0.3, -0.25) is 4.90 Å². The van der Waals surface area contributed by atoms with Crippen molar-refractivity contribution in [3.8, 4) is 17.6 Å². The Labute approximate surface area is 165 Å². The van der Waals surface area contributed by atoms with Gasteiger partial charge in [0, 0.05) is 12.7 Å². The molecule has 9 heteroatoms. The molecule has 0 fully saturated rings. The van der Waals surface area contributed by atoms with Crippen LogP contribution in [0.15, 0.2) is 52.9 Å². The lowest BCUT2D eigenvalue weighted by atomic mass is 10.0. The van der Waals surface area contributed by atoms with Crippen molar-refractivity contribution in [3.63, 3.8) is 0 Å². The minimum atomic E-state index is -4.39. The molecule has 29 heavy (non-hydrogen) atoms. The van der Waals surface area contributed by atoms with Gasteiger partial charge in [0.2, 0.25) is 11.8 Å². The fraction of sp³-hybridized carbons (Fsp3) is 0.250. The molecule has 0 saturated heterocycles. The van der Waals surface area contributed by atoms with Gasteiger partial charge in [0.15, 0.2) is 6.19 Å². The SMILES string of the molecule is CN(C#N)C(C)(C)c1nnc(-c2ccccc2Nc2ccc(C(F)(F)F)cc2)o1. The second-order valence-electron chi connectivity index (χ2n) is 6.88. The van der Waals surface area contributed by atoms with Crippen molar-refractivity contribution in [1.82, 2.24) is 15.1 Å². The highest BCUT2D eigenvalue weighted by Gasteiger charge is 2.32. The average Bonchev–Trinajstić information content (AvgIpc) is 3.18. The van der Waals surface area contributed by atoms with E-state index in [1.165, 1.54) is 17.0 Å². The van der Waals surface area contributed by atoms with Crippen LogP contribution < -0.4 is 5.32 Å². The van der Waals surface area contributed by atoms with E-state index in [0.29, 0.717) is 16.9 Å². The van der Waals surface area contributed by atoms with E-state index >= 15 is 0 Å². The quantitative estimate of drug-likeness (QED) is 0.471. The maximum atomic E-state index is 12.7. The predicted molar refractivity (Wildman–Crippen MR) is 101 cm³/mol. The number of aromatic nitrogens is 2. The second kappa shape index (κ2) is 7.47. The van der Waals surface area contributed by atoms with Crippen LogP contribution >= 0.6 is 0 Å². The standard InChI is InChI=1S/C20H18F3N5O/c1-19(2,28(3)12-24)18-27-26-17(29-18)15-6-4-5-7-16(15)25-14-10-8-13(9-11-14)20(21,22)23/h4-11,25H,1-3H3. The fourth-order valence-corrected chi connectivity index (χ4v) is 2.52. The number of rotatable bonds is 5. The summed E-state index contributed by atoms with van der Waals surface area (Å²) >= 11 is 0. The zero-order valence-corrected chi connectivity index (χ0v) is 15.9. The summed E-state index contributed by atoms with van der Waals surface area (Å²) in [7, 11) is 1.62. The zero-order valence-electron chi connectivity index (χ0n) is 15.9. The third-order valence-corrected chi connectivity index (χ3v) is 4.59. The molecule has 1 N–H and O–H groups in total. The highest BCUT2D eigenvalue weighted by Crippen LogP contribution is 2.34. The first-order chi connectivity index (χ1) is 13.6. The van der Waals surface area contributed by atoms with Crippen LogP contribution in [0.3, 0.4) is 0 Å². The molecule has 0 atom stereocenters. The molecule has 0 amide bonds. The van der Waals surface area contributed by atoms with Crippen molar-refractivity contribution < 1.29 is 17.6 Å². The Bertz CT molecular complexity index is 1040. The van der Waals surface area contributed by atoms with Gasteiger partial charge in [0.05, 0.1) is 16.8 Å². The minimum absolute atomic E-state index is 0.231. The Morgan fingerprint density at radius 2 is 1.69 bits per heavy atom. The van der Waals surface area contributed by atoms with Gasteiger partial charge in [0.25, 0.3) is 0 Å². The van der Waals surface area contributed by atoms with Crippen LogP contribution in [0.25, 0.3) is 11.5 Å². The Kier molecular flexibility index (Phi) is 5.20. The second-order valence-corrected chi connectivity index (χ2v) is 6.88. The smallest absolute Gasteiger partial charge is 0.416 e. The fourth-order valence-electron chi connectivity index (χ4n) is 2.52. The highest BCUT2D eigenvalue weighted by atomic mass is 19.4. The topological polar surface area (TPSA) is 78.0 Å². The normalized spacial score (nSPS) is 11.8. The summed E-state index contributed by atoms with van der Waals surface area (Å²) in [5.41, 5.74) is 0.141. The van der Waals surface area contributed by atoms with Gasteiger partial charge in [-0.25, -0.2) is 0 Å². The number of hydrogen-bond donors (Lipinski definition) is 1. The first-order valence-corrected chi connectivity index (χ1v) is 8.64. The minimum Gasteiger partial charge on any atom is -0.418 e. The molecule has 0 bridgehead atoms. The molecule has 6 nitrogen and oxygen atoms in total. The van der Waals surface area contributed by atoms with E-state index in [0.717, 1.165) is 12.1 Å². The Morgan fingerprint density at radius 3 is 2.31 bits per heavy atom. The van der Waals surface area contributed by atoms with Crippen LogP contribution in [0.1, 0.15) is 25.3 Å². The lowest BCUT2D eigenvalue weighted by Crippen LogP contribution is -2.35. The van der Waals surface area contributed by atoms with Crippen LogP contribution in [-0.2, 0) is 11.7 Å². The molecular weight excluding hydrogens is 383 g/mol. The predicted octanol–water partition coefficient (Wildman–Crippen LogP) is 5.15. The summed E-state index contributed by atoms with van der Waals surface area (Å²) in [6.07, 6.45) is -2.36. The van der Waals surface area contributed by atoms with Gasteiger partial charge < -0.3 is 9.73 Å². The number of anilines is 2. The summed E-state index contributed by atoms with van der Waals surface area (Å²) in [6.45, 7) is 3.56. The maximum Gasteiger partial charge on any atom is 0.416 e. The molecule has 150 valence electrons. The molecule has 0 aliphatic rings. The molecule has 3 rings (SSSR count). The molecule has 2 aromatic carbocycles. The van der Waals surface area contributed by atoms with Crippen molar-refractivity contribution in [3.05, 3.63) is 60.0 Å². The number of halogens is 3. The molecule has 0 aliphatic carbocycles. The molecule has 0 aliphatic heterocycles. The van der Waals surface area contributed by atoms with Crippen molar-refractivity contribution in [2.75, 3.05) is 12.4 Å². The van der Waals surface area contributed by atoms with Crippen LogP contribution in [0, 0.1) is 11.5 Å². The van der Waals surface area contributed by atoms with E-state index in [1.54, 1.807) is 45.2 Å². The van der Waals surface area contributed by atoms with Crippen molar-refractivity contribution in [2.45, 2.75) is 25.6 Å². The largest absolute Gasteiger partial charge is 0.418 e. The zero-order chi connectivity index (χ0) is 21.2. The maximum absolute atomic E-state index is 12.7. The Hall–Kier alpha value is -3.54. The van der Waals surface area contributed by atoms with Gasteiger partial charge in [-0.2, -0.15) is 18.4 Å². The van der Waals surface area contributed by atoms with Gasteiger partial charge in [-0.15, -0.1) is 10.2 Å². The summed E-state index contributed by atoms with van der Waals surface area (Å²) in [4.78, 5) is 1.40. The van der Waals surface area contributed by atoms with Crippen molar-refractivity contribution in [2.24, 2.45) is 0 Å². The van der Waals surface area contributed by atoms with Crippen LogP contribution in [0.4, 0.5) is 24.5 Å². The summed E-state index contributed by atoms with van der Waals surface area (Å²) < 4.78 is 44.0. The van der Waals surface area contributed by atoms with Gasteiger partial charge in [-0.1, -0.05) is 12.1 Å². The van der Waals surface area contributed by atoms with Gasteiger partial charge in [-0.05, 0) is 50.2 Å². The van der Waals surface area contributed by atoms with E-state index in [2.05, 4.69) is 15.5 Å². The number of nitrogens with one attached hydrogen (secondary N) is 1. The van der Waals surface area contributed by atoms with Gasteiger partial charge in [0.1, 0.15) is 5.54 Å². The van der Waals surface area contributed by atoms with Crippen LogP contribution in [-0.4, -0.2) is 22.1 Å². The first-order valence-electron chi connectivity index (χ1n) is 8.64. The van der Waals surface area contributed by atoms with E-state index in [4.69, 9.17) is 9.68 Å². The molecule has 0 radical (unpaired) electrons. The van der Waals surface area contributed by atoms with E-state index < -0.39 is 17.3 Å². The lowest BCUT2D eigenvalue weighted by molar-refractivity contribution is -0.137. The third-order valence-electron chi connectivity index (χ3n) is 4.59. The number of alkyl halides is 3. The Morgan fingerprint density at radius 1 is 1.03 bits per heavy atom. The number of hydrogen-bond acceptors (Lipinski definition) is 6. The number of para-hydroxylation sites is 1. The average molecular weight is 401 g/mol. The molecule has 0 saturated carbocycles. The lowest BCUT2D eigenvalue weighted by Gasteiger charge is -2.26. The van der Waals surface area contributed by atoms with E-state index in [9.17, 15) is 13.2 Å². The summed E-state index contributed by atoms with van der Waals surface area (Å²) in [6, 6.07) is 11.8. The number of nitriles is 1. The van der Waals surface area contributed by atoms with E-state index in [-0.39, 0.29) is 11.8 Å². The molecule has 0 unspecified atom stereocenters. The molecule has 1 heterocycles.